The Kier molecular flexibility index (Phi) is 3.18. The van der Waals surface area contributed by atoms with Gasteiger partial charge in [-0.05, 0) is 6.08 Å². The van der Waals surface area contributed by atoms with Crippen LogP contribution in [0.4, 0.5) is 0 Å². The summed E-state index contributed by atoms with van der Waals surface area (Å²) in [5.74, 6) is 2.54. The molecule has 0 bridgehead atoms. The topological polar surface area (TPSA) is 0 Å². The van der Waals surface area contributed by atoms with E-state index in [-0.39, 0.29) is 0 Å². The van der Waals surface area contributed by atoms with E-state index in [1.54, 1.807) is 0 Å². The maximum Gasteiger partial charge on any atom is 0.147 e. The maximum absolute atomic E-state index is 3.35. The molecule has 0 aliphatic heterocycles. The van der Waals surface area contributed by atoms with Crippen LogP contribution in [0.15, 0.2) is 12.7 Å². The predicted octanol–water partition coefficient (Wildman–Crippen LogP) is 0.302. The van der Waals surface area contributed by atoms with Gasteiger partial charge in [-0.2, -0.15) is 0 Å². The van der Waals surface area contributed by atoms with Crippen LogP contribution in [0.5, 0.6) is 0 Å². The van der Waals surface area contributed by atoms with E-state index in [0.717, 1.165) is 0 Å². The van der Waals surface area contributed by atoms with Crippen LogP contribution in [0.25, 0.3) is 0 Å². The number of hydrogen-bond acceptors (Lipinski definition) is 0. The van der Waals surface area contributed by atoms with E-state index in [4.69, 9.17) is 0 Å². The molecule has 0 fully saturated rings. The van der Waals surface area contributed by atoms with Gasteiger partial charge in [0, 0.05) is 0 Å². The molecule has 0 aromatic carbocycles. The van der Waals surface area contributed by atoms with E-state index in [1.165, 1.54) is 6.08 Å². The first-order valence-corrected chi connectivity index (χ1v) is 1.70. The Morgan fingerprint density at radius 1 is 1.80 bits per heavy atom. The lowest BCUT2D eigenvalue weighted by atomic mass is 10.7. The van der Waals surface area contributed by atoms with Crippen molar-refractivity contribution in [2.45, 2.75) is 0 Å². The first-order valence-electron chi connectivity index (χ1n) is 1.20. The smallest absolute Gasteiger partial charge is 0.134 e. The van der Waals surface area contributed by atoms with Gasteiger partial charge in [0.2, 0.25) is 0 Å². The molecule has 3 radical (unpaired) electrons. The fourth-order valence-electron chi connectivity index (χ4n) is 0.0510. The van der Waals surface area contributed by atoms with E-state index in [0.29, 0.717) is 0 Å². The molecule has 0 aromatic heterocycles. The van der Waals surface area contributed by atoms with E-state index in [9.17, 15) is 0 Å². The van der Waals surface area contributed by atoms with Crippen LogP contribution >= 0.6 is 0 Å². The van der Waals surface area contributed by atoms with Crippen LogP contribution in [0.3, 0.4) is 0 Å². The van der Waals surface area contributed by atoms with Crippen molar-refractivity contribution in [3.8, 4) is 11.5 Å². The minimum Gasteiger partial charge on any atom is -0.134 e. The van der Waals surface area contributed by atoms with E-state index in [1.807, 2.05) is 0 Å². The Morgan fingerprint density at radius 3 is 2.40 bits per heavy atom. The standard InChI is InChI=1S/C4H3Si/c1-2-3-4-5/h2H,1H2. The van der Waals surface area contributed by atoms with Crippen molar-refractivity contribution in [1.29, 1.82) is 0 Å². The first kappa shape index (κ1) is 4.52. The van der Waals surface area contributed by atoms with E-state index >= 15 is 0 Å². The molecule has 0 unspecified atom stereocenters. The van der Waals surface area contributed by atoms with Crippen LogP contribution in [-0.4, -0.2) is 10.2 Å². The van der Waals surface area contributed by atoms with Gasteiger partial charge in [0.05, 0.1) is 0 Å². The molecule has 0 rings (SSSR count). The van der Waals surface area contributed by atoms with Gasteiger partial charge in [0.1, 0.15) is 10.2 Å². The molecule has 5 heavy (non-hydrogen) atoms. The fourth-order valence-corrected chi connectivity index (χ4v) is 0.153. The second-order valence-corrected chi connectivity index (χ2v) is 0.723. The molecule has 0 aliphatic carbocycles. The van der Waals surface area contributed by atoms with Crippen molar-refractivity contribution in [2.24, 2.45) is 0 Å². The summed E-state index contributed by atoms with van der Waals surface area (Å²) in [5.41, 5.74) is 2.45. The summed E-state index contributed by atoms with van der Waals surface area (Å²) in [6.45, 7) is 3.35. The molecule has 0 saturated carbocycles. The van der Waals surface area contributed by atoms with Crippen molar-refractivity contribution in [3.05, 3.63) is 12.7 Å². The molecule has 0 saturated heterocycles. The summed E-state index contributed by atoms with van der Waals surface area (Å²) in [7, 11) is 2.92. The minimum absolute atomic E-state index is 1.52. The summed E-state index contributed by atoms with van der Waals surface area (Å²) in [6.07, 6.45) is 1.52. The van der Waals surface area contributed by atoms with Crippen molar-refractivity contribution in [3.63, 3.8) is 0 Å². The third-order valence-electron chi connectivity index (χ3n) is 0.174. The quantitative estimate of drug-likeness (QED) is 0.289. The van der Waals surface area contributed by atoms with Crippen molar-refractivity contribution in [1.82, 2.24) is 0 Å². The number of rotatable bonds is 0. The van der Waals surface area contributed by atoms with Gasteiger partial charge in [-0.3, -0.25) is 0 Å². The zero-order chi connectivity index (χ0) is 4.12. The van der Waals surface area contributed by atoms with Gasteiger partial charge < -0.3 is 0 Å². The van der Waals surface area contributed by atoms with Gasteiger partial charge in [-0.25, -0.2) is 0 Å². The largest absolute Gasteiger partial charge is 0.147 e. The van der Waals surface area contributed by atoms with Gasteiger partial charge in [0.15, 0.2) is 0 Å². The first-order chi connectivity index (χ1) is 2.41. The van der Waals surface area contributed by atoms with Gasteiger partial charge in [-0.1, -0.05) is 12.5 Å². The van der Waals surface area contributed by atoms with Crippen LogP contribution in [-0.2, 0) is 0 Å². The summed E-state index contributed by atoms with van der Waals surface area (Å²) < 4.78 is 0. The van der Waals surface area contributed by atoms with Gasteiger partial charge in [0.25, 0.3) is 0 Å². The molecule has 0 amide bonds. The van der Waals surface area contributed by atoms with E-state index < -0.39 is 0 Å². The lowest BCUT2D eigenvalue weighted by molar-refractivity contribution is 2.32. The summed E-state index contributed by atoms with van der Waals surface area (Å²) in [6, 6.07) is 0. The minimum atomic E-state index is 1.52. The Balaban J connectivity index is 3.16. The van der Waals surface area contributed by atoms with E-state index in [2.05, 4.69) is 28.3 Å². The van der Waals surface area contributed by atoms with Gasteiger partial charge in [-0.15, -0.1) is 5.54 Å². The van der Waals surface area contributed by atoms with Crippen LogP contribution in [0, 0.1) is 11.5 Å². The number of allylic oxidation sites excluding steroid dienone is 1. The SMILES string of the molecule is C=CC#C[Si]. The second-order valence-electron chi connectivity index (χ2n) is 0.473. The van der Waals surface area contributed by atoms with Crippen LogP contribution in [0.1, 0.15) is 0 Å². The van der Waals surface area contributed by atoms with Crippen molar-refractivity contribution < 1.29 is 0 Å². The Labute approximate surface area is 35.3 Å². The van der Waals surface area contributed by atoms with Gasteiger partial charge >= 0.3 is 0 Å². The van der Waals surface area contributed by atoms with Crippen LogP contribution < -0.4 is 0 Å². The molecule has 0 N–H and O–H groups in total. The molecule has 0 aromatic rings. The number of hydrogen-bond donors (Lipinski definition) is 0. The molecule has 0 nitrogen and oxygen atoms in total. The molecule has 0 atom stereocenters. The molecule has 23 valence electrons. The lowest BCUT2D eigenvalue weighted by Gasteiger charge is -1.47. The average molecular weight is 79.2 g/mol. The van der Waals surface area contributed by atoms with Crippen LogP contribution in [0.2, 0.25) is 0 Å². The second kappa shape index (κ2) is 3.52. The average Bonchev–Trinajstić information content (AvgIpc) is 1.41. The summed E-state index contributed by atoms with van der Waals surface area (Å²) in [5, 5.41) is 0. The van der Waals surface area contributed by atoms with Crippen molar-refractivity contribution >= 4 is 10.2 Å². The summed E-state index contributed by atoms with van der Waals surface area (Å²) >= 11 is 0. The predicted molar refractivity (Wildman–Crippen MR) is 23.7 cm³/mol. The summed E-state index contributed by atoms with van der Waals surface area (Å²) in [4.78, 5) is 0. The molecular formula is C4H3Si. The molecule has 0 spiro atoms. The Bertz CT molecular complexity index is 73.4. The molecular weight excluding hydrogens is 76.1 g/mol. The zero-order valence-corrected chi connectivity index (χ0v) is 3.78. The third kappa shape index (κ3) is 3.52. The Hall–Kier alpha value is -0.483. The lowest BCUT2D eigenvalue weighted by Crippen LogP contribution is -1.44. The Morgan fingerprint density at radius 2 is 2.40 bits per heavy atom. The monoisotopic (exact) mass is 79.0 g/mol. The highest BCUT2D eigenvalue weighted by atomic mass is 28.1. The third-order valence-corrected chi connectivity index (χ3v) is 0.319. The molecule has 0 heterocycles. The molecule has 0 aliphatic rings. The highest BCUT2D eigenvalue weighted by molar-refractivity contribution is 6.22. The van der Waals surface area contributed by atoms with Crippen molar-refractivity contribution in [2.75, 3.05) is 0 Å². The zero-order valence-electron chi connectivity index (χ0n) is 2.78. The maximum atomic E-state index is 3.35. The highest BCUT2D eigenvalue weighted by Gasteiger charge is 1.37. The normalized spacial score (nSPS) is 4.20. The molecule has 1 heteroatoms. The highest BCUT2D eigenvalue weighted by Crippen LogP contribution is 1.46. The fraction of sp³-hybridized carbons (Fsp3) is 0.